The van der Waals surface area contributed by atoms with E-state index in [0.717, 1.165) is 12.8 Å². The quantitative estimate of drug-likeness (QED) is 0.795. The fraction of sp³-hybridized carbons (Fsp3) is 1.00. The van der Waals surface area contributed by atoms with Crippen molar-refractivity contribution in [2.24, 2.45) is 11.3 Å². The molecule has 0 aromatic carbocycles. The minimum absolute atomic E-state index is 0.102. The van der Waals surface area contributed by atoms with Crippen LogP contribution in [-0.4, -0.2) is 23.9 Å². The smallest absolute Gasteiger partial charge is 0.0623 e. The molecule has 1 saturated carbocycles. The number of ether oxygens (including phenoxy) is 1. The van der Waals surface area contributed by atoms with Gasteiger partial charge in [0.15, 0.2) is 0 Å². The van der Waals surface area contributed by atoms with Crippen molar-refractivity contribution in [3.8, 4) is 0 Å². The summed E-state index contributed by atoms with van der Waals surface area (Å²) in [7, 11) is 1.75. The lowest BCUT2D eigenvalue weighted by atomic mass is 9.71. The van der Waals surface area contributed by atoms with E-state index in [1.807, 2.05) is 0 Å². The lowest BCUT2D eigenvalue weighted by Crippen LogP contribution is -2.31. The minimum Gasteiger partial charge on any atom is -0.393 e. The molecule has 0 amide bonds. The topological polar surface area (TPSA) is 29.5 Å². The molecule has 1 N–H and O–H groups in total. The predicted molar refractivity (Wildman–Crippen MR) is 72.1 cm³/mol. The van der Waals surface area contributed by atoms with Crippen LogP contribution in [0.5, 0.6) is 0 Å². The van der Waals surface area contributed by atoms with E-state index in [9.17, 15) is 5.11 Å². The summed E-state index contributed by atoms with van der Waals surface area (Å²) in [6.07, 6.45) is 6.53. The predicted octanol–water partition coefficient (Wildman–Crippen LogP) is 3.77. The first-order valence-corrected chi connectivity index (χ1v) is 6.99. The highest BCUT2D eigenvalue weighted by Crippen LogP contribution is 2.40. The molecule has 1 atom stereocenters. The van der Waals surface area contributed by atoms with Gasteiger partial charge in [0.1, 0.15) is 0 Å². The van der Waals surface area contributed by atoms with Gasteiger partial charge >= 0.3 is 0 Å². The molecule has 0 aromatic heterocycles. The summed E-state index contributed by atoms with van der Waals surface area (Å²) in [6.45, 7) is 8.85. The molecule has 2 heteroatoms. The monoisotopic (exact) mass is 242 g/mol. The zero-order chi connectivity index (χ0) is 13.1. The van der Waals surface area contributed by atoms with E-state index in [-0.39, 0.29) is 11.7 Å². The summed E-state index contributed by atoms with van der Waals surface area (Å²) in [4.78, 5) is 0. The maximum atomic E-state index is 10.2. The van der Waals surface area contributed by atoms with E-state index >= 15 is 0 Å². The Morgan fingerprint density at radius 2 is 1.82 bits per heavy atom. The van der Waals surface area contributed by atoms with E-state index in [4.69, 9.17) is 4.74 Å². The number of aliphatic hydroxyl groups excluding tert-OH is 1. The molecule has 1 aliphatic rings. The zero-order valence-corrected chi connectivity index (χ0v) is 12.3. The molecular formula is C15H30O2. The van der Waals surface area contributed by atoms with Crippen molar-refractivity contribution >= 4 is 0 Å². The van der Waals surface area contributed by atoms with Gasteiger partial charge < -0.3 is 9.84 Å². The van der Waals surface area contributed by atoms with Gasteiger partial charge in [0, 0.05) is 7.11 Å². The van der Waals surface area contributed by atoms with Crippen molar-refractivity contribution in [3.63, 3.8) is 0 Å². The Kier molecular flexibility index (Phi) is 5.03. The van der Waals surface area contributed by atoms with Crippen molar-refractivity contribution in [2.75, 3.05) is 7.11 Å². The van der Waals surface area contributed by atoms with E-state index in [2.05, 4.69) is 27.7 Å². The van der Waals surface area contributed by atoms with Gasteiger partial charge in [0.05, 0.1) is 11.7 Å². The molecule has 0 spiro atoms. The zero-order valence-electron chi connectivity index (χ0n) is 12.3. The van der Waals surface area contributed by atoms with Crippen LogP contribution < -0.4 is 0 Å². The van der Waals surface area contributed by atoms with Crippen molar-refractivity contribution in [3.05, 3.63) is 0 Å². The van der Waals surface area contributed by atoms with Crippen LogP contribution in [0.25, 0.3) is 0 Å². The van der Waals surface area contributed by atoms with Crippen molar-refractivity contribution in [1.82, 2.24) is 0 Å². The Morgan fingerprint density at radius 3 is 2.29 bits per heavy atom. The Bertz CT molecular complexity index is 223. The first-order valence-electron chi connectivity index (χ1n) is 6.99. The van der Waals surface area contributed by atoms with Gasteiger partial charge in [0.2, 0.25) is 0 Å². The van der Waals surface area contributed by atoms with Crippen LogP contribution in [0, 0.1) is 11.3 Å². The lowest BCUT2D eigenvalue weighted by Gasteiger charge is -2.37. The van der Waals surface area contributed by atoms with Gasteiger partial charge in [-0.15, -0.1) is 0 Å². The normalized spacial score (nSPS) is 23.6. The molecule has 17 heavy (non-hydrogen) atoms. The number of aliphatic hydroxyl groups is 1. The Balaban J connectivity index is 2.32. The van der Waals surface area contributed by atoms with Gasteiger partial charge in [-0.1, -0.05) is 13.8 Å². The third-order valence-electron chi connectivity index (χ3n) is 4.52. The van der Waals surface area contributed by atoms with E-state index < -0.39 is 0 Å². The van der Waals surface area contributed by atoms with Crippen LogP contribution in [0.15, 0.2) is 0 Å². The first kappa shape index (κ1) is 15.0. The van der Waals surface area contributed by atoms with E-state index in [1.165, 1.54) is 25.7 Å². The summed E-state index contributed by atoms with van der Waals surface area (Å²) in [6, 6.07) is 0. The van der Waals surface area contributed by atoms with Crippen LogP contribution in [-0.2, 0) is 4.74 Å². The number of rotatable bonds is 5. The molecule has 0 bridgehead atoms. The molecule has 0 aliphatic heterocycles. The maximum Gasteiger partial charge on any atom is 0.0623 e. The second kappa shape index (κ2) is 5.71. The fourth-order valence-electron chi connectivity index (χ4n) is 2.64. The third-order valence-corrected chi connectivity index (χ3v) is 4.52. The largest absolute Gasteiger partial charge is 0.393 e. The molecule has 1 aliphatic carbocycles. The number of hydrogen-bond donors (Lipinski definition) is 1. The second-order valence-electron chi connectivity index (χ2n) is 7.07. The Hall–Kier alpha value is -0.0800. The van der Waals surface area contributed by atoms with E-state index in [1.54, 1.807) is 7.11 Å². The summed E-state index contributed by atoms with van der Waals surface area (Å²) in [5, 5.41) is 10.2. The van der Waals surface area contributed by atoms with Gasteiger partial charge in [-0.3, -0.25) is 0 Å². The summed E-state index contributed by atoms with van der Waals surface area (Å²) in [5.74, 6) is 0.510. The molecule has 2 nitrogen and oxygen atoms in total. The van der Waals surface area contributed by atoms with Crippen LogP contribution in [0.3, 0.4) is 0 Å². The number of methoxy groups -OCH3 is 1. The highest BCUT2D eigenvalue weighted by molar-refractivity contribution is 4.83. The molecule has 1 rings (SSSR count). The molecule has 1 fully saturated rings. The third kappa shape index (κ3) is 4.97. The van der Waals surface area contributed by atoms with Crippen LogP contribution in [0.4, 0.5) is 0 Å². The van der Waals surface area contributed by atoms with Crippen LogP contribution in [0.1, 0.15) is 66.2 Å². The van der Waals surface area contributed by atoms with Gasteiger partial charge in [-0.05, 0) is 63.7 Å². The molecular weight excluding hydrogens is 212 g/mol. The molecule has 0 aromatic rings. The molecule has 0 heterocycles. The number of hydrogen-bond acceptors (Lipinski definition) is 2. The molecule has 0 radical (unpaired) electrons. The lowest BCUT2D eigenvalue weighted by molar-refractivity contribution is -0.0110. The van der Waals surface area contributed by atoms with Crippen molar-refractivity contribution in [2.45, 2.75) is 77.9 Å². The highest BCUT2D eigenvalue weighted by Gasteiger charge is 2.31. The van der Waals surface area contributed by atoms with Gasteiger partial charge in [0.25, 0.3) is 0 Å². The molecule has 0 saturated heterocycles. The van der Waals surface area contributed by atoms with Crippen molar-refractivity contribution < 1.29 is 9.84 Å². The molecule has 1 unspecified atom stereocenters. The Morgan fingerprint density at radius 1 is 1.29 bits per heavy atom. The van der Waals surface area contributed by atoms with E-state index in [0.29, 0.717) is 11.3 Å². The maximum absolute atomic E-state index is 10.2. The summed E-state index contributed by atoms with van der Waals surface area (Å²) >= 11 is 0. The van der Waals surface area contributed by atoms with Gasteiger partial charge in [-0.25, -0.2) is 0 Å². The van der Waals surface area contributed by atoms with Crippen LogP contribution in [0.2, 0.25) is 0 Å². The van der Waals surface area contributed by atoms with Crippen molar-refractivity contribution in [1.29, 1.82) is 0 Å². The fourth-order valence-corrected chi connectivity index (χ4v) is 2.64. The average molecular weight is 242 g/mol. The second-order valence-corrected chi connectivity index (χ2v) is 7.07. The average Bonchev–Trinajstić information content (AvgIpc) is 2.26. The SMILES string of the molecule is COC(C)(C)CCC(O)C1CCC(C)(C)CC1. The minimum atomic E-state index is -0.138. The standard InChI is InChI=1S/C15H30O2/c1-14(2)9-6-12(7-10-14)13(16)8-11-15(3,4)17-5/h12-13,16H,6-11H2,1-5H3. The Labute approximate surface area is 107 Å². The van der Waals surface area contributed by atoms with Crippen LogP contribution >= 0.6 is 0 Å². The highest BCUT2D eigenvalue weighted by atomic mass is 16.5. The molecule has 102 valence electrons. The summed E-state index contributed by atoms with van der Waals surface area (Å²) < 4.78 is 5.40. The van der Waals surface area contributed by atoms with Gasteiger partial charge in [-0.2, -0.15) is 0 Å². The summed E-state index contributed by atoms with van der Waals surface area (Å²) in [5.41, 5.74) is 0.386. The first-order chi connectivity index (χ1) is 7.76.